The van der Waals surface area contributed by atoms with Crippen molar-refractivity contribution in [2.24, 2.45) is 7.05 Å². The van der Waals surface area contributed by atoms with E-state index in [0.717, 1.165) is 4.68 Å². The van der Waals surface area contributed by atoms with Gasteiger partial charge in [0.1, 0.15) is 12.7 Å². The minimum atomic E-state index is -0.546. The Morgan fingerprint density at radius 2 is 2.27 bits per heavy atom. The van der Waals surface area contributed by atoms with Crippen molar-refractivity contribution in [1.29, 1.82) is 0 Å². The highest BCUT2D eigenvalue weighted by molar-refractivity contribution is 5.56. The van der Waals surface area contributed by atoms with E-state index in [2.05, 4.69) is 5.10 Å². The van der Waals surface area contributed by atoms with Crippen LogP contribution in [-0.4, -0.2) is 14.7 Å². The van der Waals surface area contributed by atoms with E-state index in [9.17, 15) is 10.1 Å². The maximum absolute atomic E-state index is 10.3. The molecular formula is C5H8N4O2. The van der Waals surface area contributed by atoms with Crippen LogP contribution in [0.4, 0.5) is 11.5 Å². The zero-order valence-electron chi connectivity index (χ0n) is 6.24. The largest absolute Gasteiger partial charge is 0.390 e. The number of aromatic nitrogens is 2. The van der Waals surface area contributed by atoms with Crippen LogP contribution in [-0.2, 0) is 7.05 Å². The Morgan fingerprint density at radius 3 is 2.45 bits per heavy atom. The van der Waals surface area contributed by atoms with Crippen molar-refractivity contribution >= 4 is 11.5 Å². The Hall–Kier alpha value is -1.59. The predicted molar refractivity (Wildman–Crippen MR) is 39.0 cm³/mol. The fourth-order valence-electron chi connectivity index (χ4n) is 0.879. The molecule has 1 heterocycles. The molecule has 2 N–H and O–H groups in total. The average Bonchev–Trinajstić information content (AvgIpc) is 2.07. The summed E-state index contributed by atoms with van der Waals surface area (Å²) >= 11 is 0. The molecule has 0 saturated heterocycles. The second kappa shape index (κ2) is 2.22. The third-order valence-electron chi connectivity index (χ3n) is 1.41. The molecule has 6 nitrogen and oxygen atoms in total. The fraction of sp³-hybridized carbons (Fsp3) is 0.400. The van der Waals surface area contributed by atoms with Crippen molar-refractivity contribution in [3.63, 3.8) is 0 Å². The standard InChI is InChI=1S/C5H8N4O2/c1-3-4(6)5(9(10)11)8(2)7-3/h6H2,1-2H3. The highest BCUT2D eigenvalue weighted by Crippen LogP contribution is 2.22. The topological polar surface area (TPSA) is 87.0 Å². The Labute approximate surface area is 62.8 Å². The molecule has 0 amide bonds. The van der Waals surface area contributed by atoms with Crippen LogP contribution in [0.1, 0.15) is 5.69 Å². The van der Waals surface area contributed by atoms with Crippen molar-refractivity contribution in [3.8, 4) is 0 Å². The molecule has 0 spiro atoms. The maximum atomic E-state index is 10.3. The first-order valence-corrected chi connectivity index (χ1v) is 2.97. The van der Waals surface area contributed by atoms with Gasteiger partial charge in [0.25, 0.3) is 0 Å². The van der Waals surface area contributed by atoms with Crippen LogP contribution in [0.2, 0.25) is 0 Å². The Kier molecular flexibility index (Phi) is 1.52. The van der Waals surface area contributed by atoms with Crippen molar-refractivity contribution in [2.45, 2.75) is 6.92 Å². The number of rotatable bonds is 1. The number of anilines is 1. The predicted octanol–water partition coefficient (Wildman–Crippen LogP) is 0.219. The first-order valence-electron chi connectivity index (χ1n) is 2.97. The van der Waals surface area contributed by atoms with Gasteiger partial charge < -0.3 is 15.8 Å². The summed E-state index contributed by atoms with van der Waals surface area (Å²) in [6, 6.07) is 0. The van der Waals surface area contributed by atoms with Crippen molar-refractivity contribution in [2.75, 3.05) is 5.73 Å². The SMILES string of the molecule is Cc1nn(C)c([N+](=O)[O-])c1N. The van der Waals surface area contributed by atoms with E-state index in [4.69, 9.17) is 5.73 Å². The second-order valence-electron chi connectivity index (χ2n) is 2.20. The molecule has 1 rings (SSSR count). The molecule has 0 aliphatic carbocycles. The van der Waals surface area contributed by atoms with Crippen LogP contribution in [0.5, 0.6) is 0 Å². The van der Waals surface area contributed by atoms with E-state index < -0.39 is 4.92 Å². The van der Waals surface area contributed by atoms with Crippen molar-refractivity contribution < 1.29 is 4.92 Å². The average molecular weight is 156 g/mol. The number of nitrogens with two attached hydrogens (primary N) is 1. The summed E-state index contributed by atoms with van der Waals surface area (Å²) in [5, 5.41) is 14.1. The summed E-state index contributed by atoms with van der Waals surface area (Å²) in [6.07, 6.45) is 0. The normalized spacial score (nSPS) is 10.0. The lowest BCUT2D eigenvalue weighted by Crippen LogP contribution is -2.00. The lowest BCUT2D eigenvalue weighted by atomic mass is 10.4. The maximum Gasteiger partial charge on any atom is 0.368 e. The van der Waals surface area contributed by atoms with Crippen LogP contribution >= 0.6 is 0 Å². The monoisotopic (exact) mass is 156 g/mol. The van der Waals surface area contributed by atoms with Gasteiger partial charge in [-0.15, -0.1) is 4.68 Å². The molecule has 0 fully saturated rings. The summed E-state index contributed by atoms with van der Waals surface area (Å²) in [5.74, 6) is -0.150. The molecule has 60 valence electrons. The molecule has 1 aromatic heterocycles. The third-order valence-corrected chi connectivity index (χ3v) is 1.41. The number of hydrogen-bond donors (Lipinski definition) is 1. The molecular weight excluding hydrogens is 148 g/mol. The number of nitrogen functional groups attached to an aromatic ring is 1. The number of nitro groups is 1. The van der Waals surface area contributed by atoms with E-state index in [0.29, 0.717) is 5.69 Å². The van der Waals surface area contributed by atoms with Crippen LogP contribution in [0.25, 0.3) is 0 Å². The summed E-state index contributed by atoms with van der Waals surface area (Å²) in [6.45, 7) is 1.63. The van der Waals surface area contributed by atoms with Gasteiger partial charge in [0, 0.05) is 0 Å². The number of nitrogens with zero attached hydrogens (tertiary/aromatic N) is 3. The van der Waals surface area contributed by atoms with E-state index in [1.165, 1.54) is 7.05 Å². The summed E-state index contributed by atoms with van der Waals surface area (Å²) in [4.78, 5) is 9.77. The quantitative estimate of drug-likeness (QED) is 0.465. The van der Waals surface area contributed by atoms with E-state index in [-0.39, 0.29) is 11.5 Å². The molecule has 1 aromatic rings. The molecule has 0 aliphatic heterocycles. The number of hydrogen-bond acceptors (Lipinski definition) is 4. The lowest BCUT2D eigenvalue weighted by Gasteiger charge is -1.92. The molecule has 6 heteroatoms. The van der Waals surface area contributed by atoms with E-state index in [1.54, 1.807) is 6.92 Å². The van der Waals surface area contributed by atoms with Crippen molar-refractivity contribution in [3.05, 3.63) is 15.8 Å². The van der Waals surface area contributed by atoms with Gasteiger partial charge in [-0.2, -0.15) is 0 Å². The Balaban J connectivity index is 3.34. The fourth-order valence-corrected chi connectivity index (χ4v) is 0.879. The highest BCUT2D eigenvalue weighted by Gasteiger charge is 2.19. The van der Waals surface area contributed by atoms with Gasteiger partial charge in [0.2, 0.25) is 0 Å². The van der Waals surface area contributed by atoms with Crippen LogP contribution < -0.4 is 5.73 Å². The molecule has 0 unspecified atom stereocenters. The molecule has 0 bridgehead atoms. The van der Waals surface area contributed by atoms with E-state index in [1.807, 2.05) is 0 Å². The van der Waals surface area contributed by atoms with Gasteiger partial charge in [-0.05, 0) is 11.8 Å². The zero-order chi connectivity index (χ0) is 8.59. The molecule has 0 atom stereocenters. The second-order valence-corrected chi connectivity index (χ2v) is 2.20. The Bertz CT molecular complexity index is 304. The molecule has 0 aromatic carbocycles. The van der Waals surface area contributed by atoms with Gasteiger partial charge in [0.05, 0.1) is 0 Å². The smallest absolute Gasteiger partial charge is 0.368 e. The Morgan fingerprint density at radius 1 is 1.73 bits per heavy atom. The minimum absolute atomic E-state index is 0.137. The zero-order valence-corrected chi connectivity index (χ0v) is 6.24. The van der Waals surface area contributed by atoms with Crippen LogP contribution in [0.3, 0.4) is 0 Å². The van der Waals surface area contributed by atoms with Crippen LogP contribution in [0.15, 0.2) is 0 Å². The number of aryl methyl sites for hydroxylation is 2. The third kappa shape index (κ3) is 1.02. The van der Waals surface area contributed by atoms with E-state index >= 15 is 0 Å². The molecule has 0 saturated carbocycles. The summed E-state index contributed by atoms with van der Waals surface area (Å²) < 4.78 is 1.16. The molecule has 11 heavy (non-hydrogen) atoms. The van der Waals surface area contributed by atoms with Gasteiger partial charge in [-0.25, -0.2) is 0 Å². The molecule has 0 radical (unpaired) electrons. The minimum Gasteiger partial charge on any atom is -0.390 e. The van der Waals surface area contributed by atoms with Gasteiger partial charge in [-0.1, -0.05) is 5.10 Å². The first kappa shape index (κ1) is 7.52. The van der Waals surface area contributed by atoms with Crippen LogP contribution in [0, 0.1) is 17.0 Å². The summed E-state index contributed by atoms with van der Waals surface area (Å²) in [5.41, 5.74) is 6.00. The highest BCUT2D eigenvalue weighted by atomic mass is 16.6. The van der Waals surface area contributed by atoms with Gasteiger partial charge in [0.15, 0.2) is 5.69 Å². The molecule has 0 aliphatic rings. The first-order chi connectivity index (χ1) is 5.04. The van der Waals surface area contributed by atoms with Crippen molar-refractivity contribution in [1.82, 2.24) is 9.78 Å². The lowest BCUT2D eigenvalue weighted by molar-refractivity contribution is -0.391. The van der Waals surface area contributed by atoms with Gasteiger partial charge >= 0.3 is 5.82 Å². The van der Waals surface area contributed by atoms with Gasteiger partial charge in [-0.3, -0.25) is 0 Å². The summed E-state index contributed by atoms with van der Waals surface area (Å²) in [7, 11) is 1.49.